The average Bonchev–Trinajstić information content (AvgIpc) is 3.05. The second-order valence-corrected chi connectivity index (χ2v) is 10.7. The molecule has 0 bridgehead atoms. The number of hydrogen-bond donors (Lipinski definition) is 0. The van der Waals surface area contributed by atoms with Crippen molar-refractivity contribution in [3.63, 3.8) is 0 Å². The first-order valence-electron chi connectivity index (χ1n) is 15.7. The van der Waals surface area contributed by atoms with Gasteiger partial charge in [0.2, 0.25) is 0 Å². The van der Waals surface area contributed by atoms with E-state index >= 15 is 0 Å². The summed E-state index contributed by atoms with van der Waals surface area (Å²) in [5, 5.41) is 0. The van der Waals surface area contributed by atoms with Crippen LogP contribution in [0.15, 0.2) is 72.8 Å². The van der Waals surface area contributed by atoms with Crippen molar-refractivity contribution in [3.05, 3.63) is 83.9 Å². The Hall–Kier alpha value is -3.89. The van der Waals surface area contributed by atoms with Crippen LogP contribution in [-0.4, -0.2) is 57.3 Å². The third-order valence-corrected chi connectivity index (χ3v) is 7.40. The van der Waals surface area contributed by atoms with Gasteiger partial charge in [-0.15, -0.1) is 0 Å². The van der Waals surface area contributed by atoms with Crippen LogP contribution in [0.4, 0.5) is 13.2 Å². The Balaban J connectivity index is 1.75. The Morgan fingerprint density at radius 1 is 0.783 bits per heavy atom. The van der Waals surface area contributed by atoms with E-state index in [2.05, 4.69) is 6.92 Å². The minimum atomic E-state index is -4.75. The van der Waals surface area contributed by atoms with Crippen LogP contribution in [0.25, 0.3) is 11.1 Å². The van der Waals surface area contributed by atoms with Gasteiger partial charge in [-0.25, -0.2) is 9.59 Å². The first-order chi connectivity index (χ1) is 22.2. The van der Waals surface area contributed by atoms with Gasteiger partial charge in [-0.3, -0.25) is 0 Å². The van der Waals surface area contributed by atoms with E-state index in [-0.39, 0.29) is 35.8 Å². The van der Waals surface area contributed by atoms with Crippen molar-refractivity contribution in [2.75, 3.05) is 26.9 Å². The Bertz CT molecular complexity index is 1360. The normalized spacial score (nSPS) is 12.7. The Labute approximate surface area is 269 Å². The van der Waals surface area contributed by atoms with E-state index < -0.39 is 24.2 Å². The topological polar surface area (TPSA) is 80.3 Å². The van der Waals surface area contributed by atoms with Crippen LogP contribution < -0.4 is 9.47 Å². The lowest BCUT2D eigenvalue weighted by Gasteiger charge is -2.21. The quantitative estimate of drug-likeness (QED) is 0.0733. The van der Waals surface area contributed by atoms with Gasteiger partial charge in [-0.05, 0) is 81.3 Å². The molecule has 0 spiro atoms. The number of alkyl halides is 3. The highest BCUT2D eigenvalue weighted by atomic mass is 19.4. The van der Waals surface area contributed by atoms with Crippen molar-refractivity contribution in [2.24, 2.45) is 0 Å². The fourth-order valence-corrected chi connectivity index (χ4v) is 4.83. The molecule has 0 aliphatic rings. The summed E-state index contributed by atoms with van der Waals surface area (Å²) in [7, 11) is 1.68. The zero-order valence-electron chi connectivity index (χ0n) is 26.6. The fourth-order valence-electron chi connectivity index (χ4n) is 4.83. The van der Waals surface area contributed by atoms with Crippen LogP contribution in [-0.2, 0) is 14.2 Å². The number of rotatable bonds is 19. The highest BCUT2D eigenvalue weighted by molar-refractivity contribution is 5.97. The van der Waals surface area contributed by atoms with Crippen LogP contribution in [0.1, 0.15) is 79.5 Å². The zero-order chi connectivity index (χ0) is 33.4. The molecule has 0 saturated heterocycles. The number of para-hydroxylation sites is 1. The highest BCUT2D eigenvalue weighted by Crippen LogP contribution is 2.33. The maximum absolute atomic E-state index is 13.7. The third-order valence-electron chi connectivity index (χ3n) is 7.40. The van der Waals surface area contributed by atoms with Gasteiger partial charge in [-0.2, -0.15) is 13.2 Å². The number of ether oxygens (including phenoxy) is 5. The van der Waals surface area contributed by atoms with Gasteiger partial charge in [0, 0.05) is 25.9 Å². The van der Waals surface area contributed by atoms with Crippen LogP contribution in [0.2, 0.25) is 0 Å². The molecule has 3 aromatic carbocycles. The van der Waals surface area contributed by atoms with Crippen LogP contribution in [0.3, 0.4) is 0 Å². The van der Waals surface area contributed by atoms with Crippen LogP contribution in [0, 0.1) is 0 Å². The number of hydrogen-bond acceptors (Lipinski definition) is 7. The number of carbonyl (C=O) groups excluding carboxylic acids is 2. The van der Waals surface area contributed by atoms with E-state index in [9.17, 15) is 22.8 Å². The van der Waals surface area contributed by atoms with E-state index in [0.29, 0.717) is 38.4 Å². The number of carbonyl (C=O) groups is 2. The molecule has 3 aromatic rings. The van der Waals surface area contributed by atoms with Crippen LogP contribution in [0.5, 0.6) is 11.5 Å². The number of methoxy groups -OCH3 is 1. The molecular weight excluding hydrogens is 601 g/mol. The first kappa shape index (κ1) is 36.6. The maximum Gasteiger partial charge on any atom is 0.425 e. The lowest BCUT2D eigenvalue weighted by Crippen LogP contribution is -2.34. The van der Waals surface area contributed by atoms with E-state index in [4.69, 9.17) is 23.7 Å². The lowest BCUT2D eigenvalue weighted by molar-refractivity contribution is -0.206. The zero-order valence-corrected chi connectivity index (χ0v) is 26.6. The van der Waals surface area contributed by atoms with E-state index in [0.717, 1.165) is 30.4 Å². The predicted molar refractivity (Wildman–Crippen MR) is 169 cm³/mol. The summed E-state index contributed by atoms with van der Waals surface area (Å²) in [5.41, 5.74) is 1.52. The second kappa shape index (κ2) is 18.9. The molecule has 1 unspecified atom stereocenters. The largest absolute Gasteiger partial charge is 0.493 e. The molecule has 7 nitrogen and oxygen atoms in total. The summed E-state index contributed by atoms with van der Waals surface area (Å²) in [4.78, 5) is 26.2. The molecule has 0 radical (unpaired) electrons. The SMILES string of the molecule is CCOCCCCC[C@@H](OC(=O)c1ccccc1OC(=O)c1ccc(-c2ccccc2)c(OCCCC(CC)OC)c1)C(F)(F)F. The molecule has 10 heteroatoms. The summed E-state index contributed by atoms with van der Waals surface area (Å²) < 4.78 is 68.4. The van der Waals surface area contributed by atoms with Gasteiger partial charge in [0.05, 0.1) is 18.3 Å². The van der Waals surface area contributed by atoms with Gasteiger partial charge in [0.15, 0.2) is 6.10 Å². The van der Waals surface area contributed by atoms with Crippen molar-refractivity contribution in [1.29, 1.82) is 0 Å². The van der Waals surface area contributed by atoms with E-state index in [1.165, 1.54) is 24.3 Å². The summed E-state index contributed by atoms with van der Waals surface area (Å²) in [6.45, 7) is 5.28. The van der Waals surface area contributed by atoms with Crippen molar-refractivity contribution in [3.8, 4) is 22.6 Å². The molecule has 250 valence electrons. The predicted octanol–water partition coefficient (Wildman–Crippen LogP) is 8.84. The molecule has 0 saturated carbocycles. The molecule has 46 heavy (non-hydrogen) atoms. The fraction of sp³-hybridized carbons (Fsp3) is 0.444. The molecule has 0 aliphatic carbocycles. The molecule has 0 aliphatic heterocycles. The number of halogens is 3. The summed E-state index contributed by atoms with van der Waals surface area (Å²) in [6.07, 6.45) is -3.56. The van der Waals surface area contributed by atoms with Crippen molar-refractivity contribution < 1.29 is 46.4 Å². The van der Waals surface area contributed by atoms with E-state index in [1.54, 1.807) is 25.3 Å². The van der Waals surface area contributed by atoms with E-state index in [1.807, 2.05) is 37.3 Å². The molecule has 0 aromatic heterocycles. The molecule has 3 rings (SSSR count). The van der Waals surface area contributed by atoms with Gasteiger partial charge in [0.1, 0.15) is 17.1 Å². The Morgan fingerprint density at radius 2 is 1.52 bits per heavy atom. The maximum atomic E-state index is 13.7. The van der Waals surface area contributed by atoms with Crippen LogP contribution >= 0.6 is 0 Å². The second-order valence-electron chi connectivity index (χ2n) is 10.7. The Morgan fingerprint density at radius 3 is 2.22 bits per heavy atom. The van der Waals surface area contributed by atoms with Crippen molar-refractivity contribution in [1.82, 2.24) is 0 Å². The van der Waals surface area contributed by atoms with Crippen molar-refractivity contribution in [2.45, 2.75) is 77.2 Å². The molecule has 0 amide bonds. The minimum absolute atomic E-state index is 0.127. The van der Waals surface area contributed by atoms with Gasteiger partial charge in [-0.1, -0.05) is 55.8 Å². The summed E-state index contributed by atoms with van der Waals surface area (Å²) in [5.74, 6) is -1.79. The smallest absolute Gasteiger partial charge is 0.425 e. The standard InChI is InChI=1S/C36H43F3O7/c1-4-28(42-3)17-14-24-44-32-25-27(21-22-29(32)26-15-8-6-9-16-26)34(40)45-31-19-12-11-18-30(31)35(41)46-33(36(37,38)39)20-10-7-13-23-43-5-2/h6,8-9,11-12,15-16,18-19,21-22,25,28,33H,4-5,7,10,13-14,17,20,23-24H2,1-3H3/t28?,33-/m1/s1. The first-order valence-corrected chi connectivity index (χ1v) is 15.7. The Kier molecular flexibility index (Phi) is 15.1. The molecule has 0 heterocycles. The minimum Gasteiger partial charge on any atom is -0.493 e. The molecular formula is C36H43F3O7. The number of unbranched alkanes of at least 4 members (excludes halogenated alkanes) is 2. The summed E-state index contributed by atoms with van der Waals surface area (Å²) >= 11 is 0. The number of benzene rings is 3. The summed E-state index contributed by atoms with van der Waals surface area (Å²) in [6, 6.07) is 20.0. The van der Waals surface area contributed by atoms with Gasteiger partial charge >= 0.3 is 18.1 Å². The lowest BCUT2D eigenvalue weighted by atomic mass is 10.0. The van der Waals surface area contributed by atoms with Gasteiger partial charge < -0.3 is 23.7 Å². The van der Waals surface area contributed by atoms with Gasteiger partial charge in [0.25, 0.3) is 0 Å². The molecule has 0 fully saturated rings. The molecule has 2 atom stereocenters. The highest BCUT2D eigenvalue weighted by Gasteiger charge is 2.42. The monoisotopic (exact) mass is 644 g/mol. The number of esters is 2. The van der Waals surface area contributed by atoms with Crippen molar-refractivity contribution >= 4 is 11.9 Å². The third kappa shape index (κ3) is 11.5. The molecule has 0 N–H and O–H groups in total. The average molecular weight is 645 g/mol.